The van der Waals surface area contributed by atoms with Crippen LogP contribution < -0.4 is 11.1 Å². The molecule has 0 aromatic carbocycles. The van der Waals surface area contributed by atoms with Gasteiger partial charge in [-0.2, -0.15) is 0 Å². The van der Waals surface area contributed by atoms with Crippen molar-refractivity contribution in [2.45, 2.75) is 19.5 Å². The molecule has 0 fully saturated rings. The summed E-state index contributed by atoms with van der Waals surface area (Å²) in [6.07, 6.45) is 0. The Morgan fingerprint density at radius 2 is 2.36 bits per heavy atom. The molecule has 0 saturated heterocycles. The second-order valence-corrected chi connectivity index (χ2v) is 3.20. The maximum absolute atomic E-state index is 10.6. The number of hydrogen-bond acceptors (Lipinski definition) is 4. The molecular formula is C7H13Cl2N3OS. The molecule has 1 rings (SSSR count). The number of rotatable bonds is 4. The molecule has 1 atom stereocenters. The summed E-state index contributed by atoms with van der Waals surface area (Å²) in [7, 11) is 0. The Morgan fingerprint density at radius 1 is 1.71 bits per heavy atom. The summed E-state index contributed by atoms with van der Waals surface area (Å²) in [4.78, 5) is 14.7. The van der Waals surface area contributed by atoms with Gasteiger partial charge < -0.3 is 11.1 Å². The zero-order chi connectivity index (χ0) is 8.97. The van der Waals surface area contributed by atoms with E-state index in [1.54, 1.807) is 12.4 Å². The molecule has 0 spiro atoms. The molecule has 1 amide bonds. The smallest absolute Gasteiger partial charge is 0.234 e. The van der Waals surface area contributed by atoms with Crippen molar-refractivity contribution in [3.05, 3.63) is 16.6 Å². The summed E-state index contributed by atoms with van der Waals surface area (Å²) in [5.41, 5.74) is 7.75. The van der Waals surface area contributed by atoms with Gasteiger partial charge in [0.25, 0.3) is 0 Å². The first-order valence-corrected chi connectivity index (χ1v) is 4.54. The Morgan fingerprint density at radius 3 is 2.79 bits per heavy atom. The zero-order valence-electron chi connectivity index (χ0n) is 7.60. The predicted molar refractivity (Wildman–Crippen MR) is 62.1 cm³/mol. The lowest BCUT2D eigenvalue weighted by atomic mass is 10.3. The van der Waals surface area contributed by atoms with Crippen molar-refractivity contribution >= 4 is 42.1 Å². The van der Waals surface area contributed by atoms with Gasteiger partial charge in [-0.3, -0.25) is 4.79 Å². The average Bonchev–Trinajstić information content (AvgIpc) is 2.51. The standard InChI is InChI=1S/C7H11N3OS.2ClH/c1-5(7(8)11)9-2-6-3-12-4-10-6;;/h3-5,9H,2H2,1H3,(H2,8,11);2*1H. The molecule has 14 heavy (non-hydrogen) atoms. The van der Waals surface area contributed by atoms with Gasteiger partial charge in [-0.15, -0.1) is 36.2 Å². The highest BCUT2D eigenvalue weighted by Crippen LogP contribution is 1.99. The molecule has 0 aliphatic rings. The van der Waals surface area contributed by atoms with Crippen LogP contribution >= 0.6 is 36.2 Å². The number of thiazole rings is 1. The molecule has 0 aliphatic carbocycles. The van der Waals surface area contributed by atoms with Gasteiger partial charge in [-0.1, -0.05) is 0 Å². The van der Waals surface area contributed by atoms with Crippen molar-refractivity contribution in [1.82, 2.24) is 10.3 Å². The highest BCUT2D eigenvalue weighted by Gasteiger charge is 2.06. The maximum atomic E-state index is 10.6. The first kappa shape index (κ1) is 16.1. The van der Waals surface area contributed by atoms with Crippen molar-refractivity contribution in [2.24, 2.45) is 5.73 Å². The van der Waals surface area contributed by atoms with E-state index >= 15 is 0 Å². The Labute approximate surface area is 99.1 Å². The minimum Gasteiger partial charge on any atom is -0.368 e. The first-order chi connectivity index (χ1) is 5.70. The van der Waals surface area contributed by atoms with Crippen LogP contribution in [0, 0.1) is 0 Å². The van der Waals surface area contributed by atoms with Gasteiger partial charge in [-0.25, -0.2) is 4.98 Å². The predicted octanol–water partition coefficient (Wildman–Crippen LogP) is 0.950. The second kappa shape index (κ2) is 7.99. The molecule has 0 bridgehead atoms. The summed E-state index contributed by atoms with van der Waals surface area (Å²) >= 11 is 1.53. The third-order valence-electron chi connectivity index (χ3n) is 1.50. The number of nitrogens with one attached hydrogen (secondary N) is 1. The lowest BCUT2D eigenvalue weighted by Crippen LogP contribution is -2.38. The number of nitrogens with zero attached hydrogens (tertiary/aromatic N) is 1. The average molecular weight is 258 g/mol. The Balaban J connectivity index is 0. The third kappa shape index (κ3) is 5.39. The SMILES string of the molecule is CC(NCc1cscn1)C(N)=O.Cl.Cl. The van der Waals surface area contributed by atoms with Gasteiger partial charge in [-0.05, 0) is 6.92 Å². The number of hydrogen-bond donors (Lipinski definition) is 2. The van der Waals surface area contributed by atoms with Gasteiger partial charge in [0, 0.05) is 11.9 Å². The van der Waals surface area contributed by atoms with Crippen molar-refractivity contribution in [3.8, 4) is 0 Å². The van der Waals surface area contributed by atoms with E-state index in [1.807, 2.05) is 5.38 Å². The molecule has 7 heteroatoms. The quantitative estimate of drug-likeness (QED) is 0.844. The fraction of sp³-hybridized carbons (Fsp3) is 0.429. The number of primary amides is 1. The molecule has 1 aromatic rings. The van der Waals surface area contributed by atoms with Crippen LogP contribution in [-0.2, 0) is 11.3 Å². The molecule has 0 radical (unpaired) electrons. The zero-order valence-corrected chi connectivity index (χ0v) is 10.0. The van der Waals surface area contributed by atoms with Gasteiger partial charge >= 0.3 is 0 Å². The topological polar surface area (TPSA) is 68.0 Å². The van der Waals surface area contributed by atoms with Crippen molar-refractivity contribution in [2.75, 3.05) is 0 Å². The van der Waals surface area contributed by atoms with E-state index in [2.05, 4.69) is 10.3 Å². The monoisotopic (exact) mass is 257 g/mol. The van der Waals surface area contributed by atoms with Gasteiger partial charge in [0.15, 0.2) is 0 Å². The van der Waals surface area contributed by atoms with Crippen LogP contribution in [0.4, 0.5) is 0 Å². The normalized spacial score (nSPS) is 10.9. The Hall–Kier alpha value is -0.360. The summed E-state index contributed by atoms with van der Waals surface area (Å²) in [6, 6.07) is -0.299. The van der Waals surface area contributed by atoms with Crippen molar-refractivity contribution in [1.29, 1.82) is 0 Å². The van der Waals surface area contributed by atoms with Crippen LogP contribution in [0.1, 0.15) is 12.6 Å². The van der Waals surface area contributed by atoms with E-state index < -0.39 is 0 Å². The van der Waals surface area contributed by atoms with Crippen LogP contribution in [-0.4, -0.2) is 16.9 Å². The minimum atomic E-state index is -0.342. The first-order valence-electron chi connectivity index (χ1n) is 3.60. The maximum Gasteiger partial charge on any atom is 0.234 e. The number of halogens is 2. The largest absolute Gasteiger partial charge is 0.368 e. The highest BCUT2D eigenvalue weighted by molar-refractivity contribution is 7.07. The van der Waals surface area contributed by atoms with Crippen LogP contribution in [0.25, 0.3) is 0 Å². The molecule has 1 aromatic heterocycles. The molecule has 3 N–H and O–H groups in total. The molecule has 4 nitrogen and oxygen atoms in total. The van der Waals surface area contributed by atoms with E-state index in [9.17, 15) is 4.79 Å². The van der Waals surface area contributed by atoms with Crippen LogP contribution in [0.5, 0.6) is 0 Å². The number of carbonyl (C=O) groups excluding carboxylic acids is 1. The lowest BCUT2D eigenvalue weighted by Gasteiger charge is -2.07. The van der Waals surface area contributed by atoms with Gasteiger partial charge in [0.1, 0.15) is 0 Å². The molecule has 0 aliphatic heterocycles. The second-order valence-electron chi connectivity index (χ2n) is 2.48. The van der Waals surface area contributed by atoms with Crippen LogP contribution in [0.15, 0.2) is 10.9 Å². The fourth-order valence-corrected chi connectivity index (χ4v) is 1.24. The number of nitrogens with two attached hydrogens (primary N) is 1. The van der Waals surface area contributed by atoms with Gasteiger partial charge in [0.2, 0.25) is 5.91 Å². The number of amides is 1. The van der Waals surface area contributed by atoms with E-state index in [4.69, 9.17) is 5.73 Å². The third-order valence-corrected chi connectivity index (χ3v) is 2.13. The van der Waals surface area contributed by atoms with Gasteiger partial charge in [0.05, 0.1) is 17.2 Å². The molecule has 82 valence electrons. The van der Waals surface area contributed by atoms with E-state index in [1.165, 1.54) is 11.3 Å². The molecule has 1 heterocycles. The highest BCUT2D eigenvalue weighted by atomic mass is 35.5. The number of aromatic nitrogens is 1. The summed E-state index contributed by atoms with van der Waals surface area (Å²) < 4.78 is 0. The van der Waals surface area contributed by atoms with E-state index in [-0.39, 0.29) is 36.8 Å². The minimum absolute atomic E-state index is 0. The van der Waals surface area contributed by atoms with Crippen LogP contribution in [0.3, 0.4) is 0 Å². The Bertz CT molecular complexity index is 255. The molecule has 1 unspecified atom stereocenters. The Kier molecular flexibility index (Phi) is 9.18. The van der Waals surface area contributed by atoms with E-state index in [0.29, 0.717) is 6.54 Å². The molecular weight excluding hydrogens is 245 g/mol. The lowest BCUT2D eigenvalue weighted by molar-refractivity contribution is -0.119. The van der Waals surface area contributed by atoms with Crippen LogP contribution in [0.2, 0.25) is 0 Å². The summed E-state index contributed by atoms with van der Waals surface area (Å²) in [5.74, 6) is -0.342. The van der Waals surface area contributed by atoms with Crippen molar-refractivity contribution < 1.29 is 4.79 Å². The number of carbonyl (C=O) groups is 1. The van der Waals surface area contributed by atoms with Crippen molar-refractivity contribution in [3.63, 3.8) is 0 Å². The summed E-state index contributed by atoms with van der Waals surface area (Å²) in [6.45, 7) is 2.32. The van der Waals surface area contributed by atoms with E-state index in [0.717, 1.165) is 5.69 Å². The fourth-order valence-electron chi connectivity index (χ4n) is 0.683. The summed E-state index contributed by atoms with van der Waals surface area (Å²) in [5, 5.41) is 4.89. The molecule has 0 saturated carbocycles.